The third kappa shape index (κ3) is 8.02. The van der Waals surface area contributed by atoms with Crippen molar-refractivity contribution >= 4 is 29.9 Å². The van der Waals surface area contributed by atoms with E-state index in [0.717, 1.165) is 63.3 Å². The normalized spacial score (nSPS) is 16.2. The Hall–Kier alpha value is -1.52. The molecule has 7 nitrogen and oxygen atoms in total. The Morgan fingerprint density at radius 2 is 1.93 bits per heavy atom. The molecule has 29 heavy (non-hydrogen) atoms. The fraction of sp³-hybridized carbons (Fsp3) is 0.571. The molecule has 164 valence electrons. The van der Waals surface area contributed by atoms with Gasteiger partial charge in [-0.25, -0.2) is 0 Å². The van der Waals surface area contributed by atoms with Crippen LogP contribution in [0.2, 0.25) is 0 Å². The maximum absolute atomic E-state index is 5.54. The average Bonchev–Trinajstić information content (AvgIpc) is 2.75. The molecule has 1 aromatic rings. The van der Waals surface area contributed by atoms with Crippen molar-refractivity contribution in [1.82, 2.24) is 15.5 Å². The molecule has 1 aromatic carbocycles. The van der Waals surface area contributed by atoms with E-state index >= 15 is 0 Å². The van der Waals surface area contributed by atoms with Crippen LogP contribution in [0.15, 0.2) is 35.3 Å². The zero-order valence-corrected chi connectivity index (χ0v) is 20.3. The maximum Gasteiger partial charge on any atom is 0.191 e. The van der Waals surface area contributed by atoms with Crippen LogP contribution in [0.1, 0.15) is 24.9 Å². The quantitative estimate of drug-likeness (QED) is 0.172. The smallest absolute Gasteiger partial charge is 0.191 e. The van der Waals surface area contributed by atoms with Gasteiger partial charge in [-0.2, -0.15) is 0 Å². The summed E-state index contributed by atoms with van der Waals surface area (Å²) in [7, 11) is 5.12. The van der Waals surface area contributed by atoms with Gasteiger partial charge in [-0.05, 0) is 31.0 Å². The second-order valence-electron chi connectivity index (χ2n) is 6.52. The van der Waals surface area contributed by atoms with Crippen LogP contribution in [-0.4, -0.2) is 71.5 Å². The second kappa shape index (κ2) is 14.5. The van der Waals surface area contributed by atoms with Crippen LogP contribution >= 0.6 is 24.0 Å². The Labute approximate surface area is 191 Å². The van der Waals surface area contributed by atoms with Gasteiger partial charge in [-0.3, -0.25) is 9.89 Å². The number of hydrogen-bond acceptors (Lipinski definition) is 5. The van der Waals surface area contributed by atoms with E-state index in [2.05, 4.69) is 44.8 Å². The zero-order valence-electron chi connectivity index (χ0n) is 17.9. The van der Waals surface area contributed by atoms with Crippen molar-refractivity contribution in [2.24, 2.45) is 4.99 Å². The van der Waals surface area contributed by atoms with Gasteiger partial charge in [0, 0.05) is 33.2 Å². The van der Waals surface area contributed by atoms with Gasteiger partial charge in [0.25, 0.3) is 0 Å². The van der Waals surface area contributed by atoms with Gasteiger partial charge in [-0.1, -0.05) is 18.2 Å². The van der Waals surface area contributed by atoms with E-state index in [9.17, 15) is 0 Å². The lowest BCUT2D eigenvalue weighted by atomic mass is 10.0. The Bertz CT molecular complexity index is 649. The number of nitrogens with zero attached hydrogens (tertiary/aromatic N) is 2. The number of allylic oxidation sites excluding steroid dienone is 1. The van der Waals surface area contributed by atoms with Gasteiger partial charge < -0.3 is 24.8 Å². The SMILES string of the molecule is CC=CCCNC(=NC)NCC(c1ccc(OC)c(OC)c1)N1CCOCC1.I. The molecular weight excluding hydrogens is 483 g/mol. The highest BCUT2D eigenvalue weighted by molar-refractivity contribution is 14.0. The molecule has 1 fully saturated rings. The lowest BCUT2D eigenvalue weighted by Gasteiger charge is -2.35. The minimum Gasteiger partial charge on any atom is -0.493 e. The van der Waals surface area contributed by atoms with E-state index in [1.165, 1.54) is 5.56 Å². The van der Waals surface area contributed by atoms with Crippen molar-refractivity contribution in [2.45, 2.75) is 19.4 Å². The molecule has 1 aliphatic heterocycles. The third-order valence-corrected chi connectivity index (χ3v) is 4.80. The van der Waals surface area contributed by atoms with Gasteiger partial charge in [0.05, 0.1) is 33.5 Å². The van der Waals surface area contributed by atoms with Gasteiger partial charge >= 0.3 is 0 Å². The fourth-order valence-corrected chi connectivity index (χ4v) is 3.26. The third-order valence-electron chi connectivity index (χ3n) is 4.80. The predicted octanol–water partition coefficient (Wildman–Crippen LogP) is 2.83. The molecule has 8 heteroatoms. The summed E-state index contributed by atoms with van der Waals surface area (Å²) in [5, 5.41) is 6.82. The highest BCUT2D eigenvalue weighted by Crippen LogP contribution is 2.32. The minimum atomic E-state index is 0. The summed E-state index contributed by atoms with van der Waals surface area (Å²) in [6.07, 6.45) is 5.17. The van der Waals surface area contributed by atoms with Crippen molar-refractivity contribution in [2.75, 3.05) is 60.7 Å². The number of halogens is 1. The number of aliphatic imine (C=N–C) groups is 1. The van der Waals surface area contributed by atoms with E-state index in [0.29, 0.717) is 0 Å². The van der Waals surface area contributed by atoms with Crippen molar-refractivity contribution in [3.8, 4) is 11.5 Å². The lowest BCUT2D eigenvalue weighted by Crippen LogP contribution is -2.46. The van der Waals surface area contributed by atoms with Crippen molar-refractivity contribution in [1.29, 1.82) is 0 Å². The number of rotatable bonds is 9. The highest BCUT2D eigenvalue weighted by atomic mass is 127. The van der Waals surface area contributed by atoms with Gasteiger partial charge in [0.2, 0.25) is 0 Å². The lowest BCUT2D eigenvalue weighted by molar-refractivity contribution is 0.0169. The van der Waals surface area contributed by atoms with Crippen LogP contribution in [0.3, 0.4) is 0 Å². The number of benzene rings is 1. The number of methoxy groups -OCH3 is 2. The molecule has 2 rings (SSSR count). The summed E-state index contributed by atoms with van der Waals surface area (Å²) in [5.74, 6) is 2.29. The van der Waals surface area contributed by atoms with Crippen molar-refractivity contribution in [3.05, 3.63) is 35.9 Å². The molecule has 2 N–H and O–H groups in total. The molecule has 1 saturated heterocycles. The van der Waals surface area contributed by atoms with Crippen LogP contribution in [0.4, 0.5) is 0 Å². The first-order valence-corrected chi connectivity index (χ1v) is 9.82. The molecule has 0 aromatic heterocycles. The summed E-state index contributed by atoms with van der Waals surface area (Å²) in [5.41, 5.74) is 1.18. The highest BCUT2D eigenvalue weighted by Gasteiger charge is 2.24. The molecule has 1 heterocycles. The molecule has 1 atom stereocenters. The van der Waals surface area contributed by atoms with Crippen molar-refractivity contribution in [3.63, 3.8) is 0 Å². The Morgan fingerprint density at radius 1 is 1.21 bits per heavy atom. The zero-order chi connectivity index (χ0) is 20.2. The molecule has 0 saturated carbocycles. The second-order valence-corrected chi connectivity index (χ2v) is 6.52. The summed E-state index contributed by atoms with van der Waals surface area (Å²) in [4.78, 5) is 6.78. The first-order valence-electron chi connectivity index (χ1n) is 9.82. The van der Waals surface area contributed by atoms with Crippen LogP contribution in [-0.2, 0) is 4.74 Å². The summed E-state index contributed by atoms with van der Waals surface area (Å²) >= 11 is 0. The van der Waals surface area contributed by atoms with Crippen molar-refractivity contribution < 1.29 is 14.2 Å². The number of nitrogens with one attached hydrogen (secondary N) is 2. The van der Waals surface area contributed by atoms with E-state index in [-0.39, 0.29) is 30.0 Å². The Kier molecular flexibility index (Phi) is 12.7. The van der Waals surface area contributed by atoms with Gasteiger partial charge in [0.15, 0.2) is 17.5 Å². The molecule has 1 aliphatic rings. The maximum atomic E-state index is 5.54. The van der Waals surface area contributed by atoms with Gasteiger partial charge in [0.1, 0.15) is 0 Å². The van der Waals surface area contributed by atoms with E-state index in [1.807, 2.05) is 13.0 Å². The first kappa shape index (κ1) is 25.5. The summed E-state index contributed by atoms with van der Waals surface area (Å²) in [6.45, 7) is 6.91. The Morgan fingerprint density at radius 3 is 2.55 bits per heavy atom. The fourth-order valence-electron chi connectivity index (χ4n) is 3.26. The molecule has 0 bridgehead atoms. The largest absolute Gasteiger partial charge is 0.493 e. The van der Waals surface area contributed by atoms with E-state index in [4.69, 9.17) is 14.2 Å². The minimum absolute atomic E-state index is 0. The van der Waals surface area contributed by atoms with E-state index in [1.54, 1.807) is 21.3 Å². The summed E-state index contributed by atoms with van der Waals surface area (Å²) < 4.78 is 16.4. The topological polar surface area (TPSA) is 67.4 Å². The first-order chi connectivity index (χ1) is 13.7. The van der Waals surface area contributed by atoms with Crippen LogP contribution < -0.4 is 20.1 Å². The van der Waals surface area contributed by atoms with Gasteiger partial charge in [-0.15, -0.1) is 24.0 Å². The van der Waals surface area contributed by atoms with Crippen LogP contribution in [0.5, 0.6) is 11.5 Å². The average molecular weight is 518 g/mol. The molecule has 1 unspecified atom stereocenters. The monoisotopic (exact) mass is 518 g/mol. The standard InChI is InChI=1S/C21H34N4O3.HI/c1-5-6-7-10-23-21(22-2)24-16-18(25-11-13-28-14-12-25)17-8-9-19(26-3)20(15-17)27-4;/h5-6,8-9,15,18H,7,10-14,16H2,1-4H3,(H2,22,23,24);1H. The predicted molar refractivity (Wildman–Crippen MR) is 129 cm³/mol. The molecule has 0 aliphatic carbocycles. The summed E-state index contributed by atoms with van der Waals surface area (Å²) in [6, 6.07) is 6.30. The molecular formula is C21H35IN4O3. The number of hydrogen-bond donors (Lipinski definition) is 2. The molecule has 0 radical (unpaired) electrons. The van der Waals surface area contributed by atoms with E-state index < -0.39 is 0 Å². The number of morpholine rings is 1. The Balaban J connectivity index is 0.00000420. The number of ether oxygens (including phenoxy) is 3. The molecule has 0 spiro atoms. The number of guanidine groups is 1. The van der Waals surface area contributed by atoms with Crippen LogP contribution in [0.25, 0.3) is 0 Å². The molecule has 0 amide bonds. The van der Waals surface area contributed by atoms with Crippen LogP contribution in [0, 0.1) is 0 Å².